The molecule has 0 bridgehead atoms. The van der Waals surface area contributed by atoms with E-state index in [1.807, 2.05) is 18.2 Å². The maximum atomic E-state index is 12.4. The third kappa shape index (κ3) is 4.18. The standard InChI is InChI=1S/C17H19ClN4O3/c1-25-15-4-2-13(18)10-12(15)11-21-6-8-22(9-7-21)17(24)14-3-5-16(23)20-19-14/h2-5,10H,6-9,11H2,1H3,(H,20,23)/p+1. The van der Waals surface area contributed by atoms with Gasteiger partial charge < -0.3 is 14.5 Å². The maximum absolute atomic E-state index is 12.4. The molecule has 1 aliphatic heterocycles. The van der Waals surface area contributed by atoms with Crippen LogP contribution in [0.4, 0.5) is 0 Å². The van der Waals surface area contributed by atoms with Gasteiger partial charge in [-0.15, -0.1) is 0 Å². The molecule has 3 rings (SSSR count). The van der Waals surface area contributed by atoms with Crippen LogP contribution in [0.25, 0.3) is 0 Å². The number of hydrogen-bond donors (Lipinski definition) is 2. The van der Waals surface area contributed by atoms with Crippen molar-refractivity contribution in [3.8, 4) is 5.75 Å². The largest absolute Gasteiger partial charge is 0.496 e. The molecule has 0 atom stereocenters. The van der Waals surface area contributed by atoms with Gasteiger partial charge in [0.25, 0.3) is 11.5 Å². The summed E-state index contributed by atoms with van der Waals surface area (Å²) in [6.45, 7) is 3.72. The van der Waals surface area contributed by atoms with Crippen LogP contribution in [0.3, 0.4) is 0 Å². The van der Waals surface area contributed by atoms with E-state index in [1.54, 1.807) is 12.0 Å². The summed E-state index contributed by atoms with van der Waals surface area (Å²) in [5.74, 6) is 0.670. The molecule has 0 aliphatic carbocycles. The molecule has 1 fully saturated rings. The van der Waals surface area contributed by atoms with E-state index in [4.69, 9.17) is 16.3 Å². The Bertz CT molecular complexity index is 795. The van der Waals surface area contributed by atoms with Gasteiger partial charge in [0.05, 0.1) is 33.3 Å². The van der Waals surface area contributed by atoms with E-state index in [0.29, 0.717) is 18.1 Å². The maximum Gasteiger partial charge on any atom is 0.274 e. The number of aromatic amines is 1. The first-order valence-corrected chi connectivity index (χ1v) is 8.45. The zero-order valence-corrected chi connectivity index (χ0v) is 14.7. The van der Waals surface area contributed by atoms with Crippen LogP contribution in [0.15, 0.2) is 35.1 Å². The van der Waals surface area contributed by atoms with Crippen molar-refractivity contribution in [1.82, 2.24) is 15.1 Å². The number of ether oxygens (including phenoxy) is 1. The van der Waals surface area contributed by atoms with Gasteiger partial charge in [-0.25, -0.2) is 5.10 Å². The first kappa shape index (κ1) is 17.4. The Labute approximate surface area is 150 Å². The Kier molecular flexibility index (Phi) is 5.35. The number of quaternary nitrogens is 1. The summed E-state index contributed by atoms with van der Waals surface area (Å²) in [5, 5.41) is 6.79. The molecule has 7 nitrogen and oxygen atoms in total. The summed E-state index contributed by atoms with van der Waals surface area (Å²) in [6, 6.07) is 8.38. The minimum atomic E-state index is -0.318. The van der Waals surface area contributed by atoms with Gasteiger partial charge >= 0.3 is 0 Å². The molecule has 0 saturated carbocycles. The molecule has 25 heavy (non-hydrogen) atoms. The van der Waals surface area contributed by atoms with E-state index in [1.165, 1.54) is 17.0 Å². The van der Waals surface area contributed by atoms with Crippen molar-refractivity contribution in [1.29, 1.82) is 0 Å². The number of halogens is 1. The summed E-state index contributed by atoms with van der Waals surface area (Å²) in [7, 11) is 1.65. The highest BCUT2D eigenvalue weighted by molar-refractivity contribution is 6.30. The molecule has 1 aliphatic rings. The Morgan fingerprint density at radius 3 is 2.72 bits per heavy atom. The van der Waals surface area contributed by atoms with Crippen LogP contribution in [0.1, 0.15) is 16.1 Å². The molecule has 2 heterocycles. The fourth-order valence-corrected chi connectivity index (χ4v) is 3.18. The minimum Gasteiger partial charge on any atom is -0.496 e. The Balaban J connectivity index is 1.60. The summed E-state index contributed by atoms with van der Waals surface area (Å²) < 4.78 is 5.39. The average molecular weight is 364 g/mol. The van der Waals surface area contributed by atoms with Crippen LogP contribution in [0.5, 0.6) is 5.75 Å². The minimum absolute atomic E-state index is 0.157. The molecule has 0 radical (unpaired) electrons. The topological polar surface area (TPSA) is 79.7 Å². The van der Waals surface area contributed by atoms with Gasteiger partial charge in [0.15, 0.2) is 0 Å². The number of methoxy groups -OCH3 is 1. The number of benzene rings is 1. The summed E-state index contributed by atoms with van der Waals surface area (Å²) in [6.07, 6.45) is 0. The van der Waals surface area contributed by atoms with E-state index in [-0.39, 0.29) is 17.2 Å². The lowest BCUT2D eigenvalue weighted by molar-refractivity contribution is -0.917. The summed E-state index contributed by atoms with van der Waals surface area (Å²) in [4.78, 5) is 26.6. The number of nitrogens with zero attached hydrogens (tertiary/aromatic N) is 2. The van der Waals surface area contributed by atoms with Crippen LogP contribution in [0.2, 0.25) is 5.02 Å². The lowest BCUT2D eigenvalue weighted by Gasteiger charge is -2.32. The van der Waals surface area contributed by atoms with E-state index in [9.17, 15) is 9.59 Å². The van der Waals surface area contributed by atoms with Gasteiger partial charge in [-0.3, -0.25) is 9.59 Å². The van der Waals surface area contributed by atoms with Gasteiger partial charge in [0, 0.05) is 16.7 Å². The first-order valence-electron chi connectivity index (χ1n) is 8.08. The monoisotopic (exact) mass is 363 g/mol. The highest BCUT2D eigenvalue weighted by Gasteiger charge is 2.26. The zero-order valence-electron chi connectivity index (χ0n) is 13.9. The fourth-order valence-electron chi connectivity index (χ4n) is 2.98. The van der Waals surface area contributed by atoms with Gasteiger partial charge in [-0.05, 0) is 24.3 Å². The highest BCUT2D eigenvalue weighted by Crippen LogP contribution is 2.21. The molecule has 1 aromatic carbocycles. The number of aromatic nitrogens is 2. The highest BCUT2D eigenvalue weighted by atomic mass is 35.5. The van der Waals surface area contributed by atoms with Crippen LogP contribution in [-0.4, -0.2) is 54.3 Å². The molecule has 132 valence electrons. The van der Waals surface area contributed by atoms with Gasteiger partial charge in [-0.1, -0.05) is 11.6 Å². The number of nitrogens with one attached hydrogen (secondary N) is 2. The first-order chi connectivity index (χ1) is 12.1. The summed E-state index contributed by atoms with van der Waals surface area (Å²) >= 11 is 6.09. The zero-order chi connectivity index (χ0) is 17.8. The molecule has 0 spiro atoms. The van der Waals surface area contributed by atoms with Crippen molar-refractivity contribution in [3.63, 3.8) is 0 Å². The second-order valence-corrected chi connectivity index (χ2v) is 6.42. The molecule has 2 aromatic rings. The van der Waals surface area contributed by atoms with E-state index >= 15 is 0 Å². The molecule has 0 unspecified atom stereocenters. The third-order valence-electron chi connectivity index (χ3n) is 4.34. The SMILES string of the molecule is COc1ccc(Cl)cc1C[NH+]1CCN(C(=O)c2ccc(=O)[nH]n2)CC1. The Morgan fingerprint density at radius 1 is 1.32 bits per heavy atom. The molecular formula is C17H20ClN4O3+. The van der Waals surface area contributed by atoms with Crippen LogP contribution in [-0.2, 0) is 6.54 Å². The van der Waals surface area contributed by atoms with Crippen LogP contribution >= 0.6 is 11.6 Å². The number of rotatable bonds is 4. The number of carbonyl (C=O) groups excluding carboxylic acids is 1. The molecule has 1 saturated heterocycles. The van der Waals surface area contributed by atoms with Crippen molar-refractivity contribution >= 4 is 17.5 Å². The second kappa shape index (κ2) is 7.67. The quantitative estimate of drug-likeness (QED) is 0.799. The molecule has 2 N–H and O–H groups in total. The molecule has 1 amide bonds. The van der Waals surface area contributed by atoms with Crippen molar-refractivity contribution in [2.45, 2.75) is 6.54 Å². The number of H-pyrrole nitrogens is 1. The second-order valence-electron chi connectivity index (χ2n) is 5.98. The van der Waals surface area contributed by atoms with Crippen molar-refractivity contribution in [3.05, 3.63) is 57.0 Å². The number of carbonyl (C=O) groups is 1. The molecular weight excluding hydrogens is 344 g/mol. The summed E-state index contributed by atoms with van der Waals surface area (Å²) in [5.41, 5.74) is 1.01. The predicted octanol–water partition coefficient (Wildman–Crippen LogP) is -0.0272. The number of piperazine rings is 1. The van der Waals surface area contributed by atoms with E-state index in [0.717, 1.165) is 30.9 Å². The van der Waals surface area contributed by atoms with E-state index in [2.05, 4.69) is 10.2 Å². The van der Waals surface area contributed by atoms with Crippen molar-refractivity contribution in [2.24, 2.45) is 0 Å². The third-order valence-corrected chi connectivity index (χ3v) is 4.57. The Morgan fingerprint density at radius 2 is 2.08 bits per heavy atom. The lowest BCUT2D eigenvalue weighted by atomic mass is 10.1. The smallest absolute Gasteiger partial charge is 0.274 e. The predicted molar refractivity (Wildman–Crippen MR) is 93.2 cm³/mol. The number of hydrogen-bond acceptors (Lipinski definition) is 4. The van der Waals surface area contributed by atoms with E-state index < -0.39 is 0 Å². The van der Waals surface area contributed by atoms with Gasteiger partial charge in [-0.2, -0.15) is 5.10 Å². The molecule has 8 heteroatoms. The fraction of sp³-hybridized carbons (Fsp3) is 0.353. The van der Waals surface area contributed by atoms with Crippen LogP contribution < -0.4 is 15.2 Å². The van der Waals surface area contributed by atoms with Gasteiger partial charge in [0.1, 0.15) is 18.0 Å². The lowest BCUT2D eigenvalue weighted by Crippen LogP contribution is -3.13. The number of amides is 1. The van der Waals surface area contributed by atoms with Gasteiger partial charge in [0.2, 0.25) is 0 Å². The average Bonchev–Trinajstić information content (AvgIpc) is 2.63. The molecule has 1 aromatic heterocycles. The van der Waals surface area contributed by atoms with Crippen molar-refractivity contribution < 1.29 is 14.4 Å². The Hall–Kier alpha value is -2.38. The van der Waals surface area contributed by atoms with Crippen LogP contribution in [0, 0.1) is 0 Å². The normalized spacial score (nSPS) is 15.2. The van der Waals surface area contributed by atoms with Crippen molar-refractivity contribution in [2.75, 3.05) is 33.3 Å².